The van der Waals surface area contributed by atoms with Gasteiger partial charge < -0.3 is 15.2 Å². The first kappa shape index (κ1) is 24.7. The Kier molecular flexibility index (Phi) is 9.78. The molecule has 0 saturated heterocycles. The third-order valence-electron chi connectivity index (χ3n) is 4.98. The van der Waals surface area contributed by atoms with Gasteiger partial charge in [-0.15, -0.1) is 24.0 Å². The number of aromatic nitrogens is 1. The van der Waals surface area contributed by atoms with Crippen molar-refractivity contribution in [1.82, 2.24) is 15.2 Å². The fourth-order valence-electron chi connectivity index (χ4n) is 3.27. The third kappa shape index (κ3) is 7.54. The Morgan fingerprint density at radius 2 is 1.71 bits per heavy atom. The molecule has 0 unspecified atom stereocenters. The van der Waals surface area contributed by atoms with Gasteiger partial charge in [0.2, 0.25) is 0 Å². The van der Waals surface area contributed by atoms with Crippen LogP contribution < -0.4 is 16.2 Å². The highest BCUT2D eigenvalue weighted by Gasteiger charge is 2.02. The summed E-state index contributed by atoms with van der Waals surface area (Å²) in [7, 11) is 0. The normalized spacial score (nSPS) is 11.0. The first-order valence-corrected chi connectivity index (χ1v) is 10.4. The summed E-state index contributed by atoms with van der Waals surface area (Å²) in [6.45, 7) is 9.02. The second kappa shape index (κ2) is 12.3. The zero-order valence-corrected chi connectivity index (χ0v) is 20.7. The molecule has 1 heterocycles. The fraction of sp³-hybridized carbons (Fsp3) is 0.280. The second-order valence-electron chi connectivity index (χ2n) is 7.46. The first-order chi connectivity index (χ1) is 14.5. The van der Waals surface area contributed by atoms with Crippen LogP contribution in [0.2, 0.25) is 0 Å². The summed E-state index contributed by atoms with van der Waals surface area (Å²) in [4.78, 5) is 16.6. The number of rotatable bonds is 7. The highest BCUT2D eigenvalue weighted by Crippen LogP contribution is 2.10. The van der Waals surface area contributed by atoms with Gasteiger partial charge in [0, 0.05) is 25.4 Å². The van der Waals surface area contributed by atoms with Crippen LogP contribution in [0.1, 0.15) is 34.7 Å². The van der Waals surface area contributed by atoms with Gasteiger partial charge in [-0.25, -0.2) is 4.99 Å². The molecule has 5 nitrogen and oxygen atoms in total. The average molecular weight is 530 g/mol. The number of hydrogen-bond donors (Lipinski definition) is 2. The highest BCUT2D eigenvalue weighted by atomic mass is 127. The third-order valence-corrected chi connectivity index (χ3v) is 4.98. The van der Waals surface area contributed by atoms with Crippen molar-refractivity contribution in [2.45, 2.75) is 40.4 Å². The molecule has 164 valence electrons. The largest absolute Gasteiger partial charge is 0.357 e. The van der Waals surface area contributed by atoms with Crippen LogP contribution in [-0.2, 0) is 19.6 Å². The van der Waals surface area contributed by atoms with Crippen molar-refractivity contribution in [3.63, 3.8) is 0 Å². The van der Waals surface area contributed by atoms with Crippen molar-refractivity contribution in [1.29, 1.82) is 0 Å². The van der Waals surface area contributed by atoms with Gasteiger partial charge >= 0.3 is 0 Å². The van der Waals surface area contributed by atoms with Gasteiger partial charge in [0.25, 0.3) is 5.56 Å². The van der Waals surface area contributed by atoms with Crippen molar-refractivity contribution in [3.8, 4) is 0 Å². The summed E-state index contributed by atoms with van der Waals surface area (Å²) < 4.78 is 1.70. The Morgan fingerprint density at radius 3 is 2.39 bits per heavy atom. The Bertz CT molecular complexity index is 1060. The minimum absolute atomic E-state index is 0. The summed E-state index contributed by atoms with van der Waals surface area (Å²) in [5.74, 6) is 0.803. The van der Waals surface area contributed by atoms with E-state index in [4.69, 9.17) is 4.99 Å². The van der Waals surface area contributed by atoms with Crippen LogP contribution in [0.4, 0.5) is 0 Å². The van der Waals surface area contributed by atoms with E-state index in [9.17, 15) is 4.79 Å². The second-order valence-corrected chi connectivity index (χ2v) is 7.46. The number of nitrogens with zero attached hydrogens (tertiary/aromatic N) is 2. The number of hydrogen-bond acceptors (Lipinski definition) is 2. The molecule has 0 radical (unpaired) electrons. The molecule has 0 fully saturated rings. The van der Waals surface area contributed by atoms with E-state index in [2.05, 4.69) is 73.9 Å². The molecule has 1 aromatic heterocycles. The molecule has 0 aliphatic rings. The van der Waals surface area contributed by atoms with Crippen molar-refractivity contribution < 1.29 is 0 Å². The van der Waals surface area contributed by atoms with E-state index >= 15 is 0 Å². The molecule has 0 aliphatic carbocycles. The summed E-state index contributed by atoms with van der Waals surface area (Å²) in [6, 6.07) is 20.0. The monoisotopic (exact) mass is 530 g/mol. The predicted octanol–water partition coefficient (Wildman–Crippen LogP) is 4.39. The Labute approximate surface area is 201 Å². The summed E-state index contributed by atoms with van der Waals surface area (Å²) in [5, 5.41) is 6.72. The lowest BCUT2D eigenvalue weighted by Gasteiger charge is -2.13. The van der Waals surface area contributed by atoms with Crippen LogP contribution in [0.25, 0.3) is 0 Å². The minimum atomic E-state index is 0. The Morgan fingerprint density at radius 1 is 0.968 bits per heavy atom. The molecule has 0 atom stereocenters. The first-order valence-electron chi connectivity index (χ1n) is 10.4. The number of pyridine rings is 1. The van der Waals surface area contributed by atoms with E-state index < -0.39 is 0 Å². The number of nitrogens with one attached hydrogen (secondary N) is 2. The molecule has 0 spiro atoms. The van der Waals surface area contributed by atoms with Gasteiger partial charge in [-0.1, -0.05) is 54.1 Å². The molecule has 0 aliphatic heterocycles. The van der Waals surface area contributed by atoms with Crippen LogP contribution >= 0.6 is 24.0 Å². The van der Waals surface area contributed by atoms with E-state index in [1.165, 1.54) is 16.7 Å². The van der Waals surface area contributed by atoms with E-state index in [1.54, 1.807) is 16.7 Å². The molecule has 0 bridgehead atoms. The standard InChI is InChI=1S/C25H30N4O.HI/c1-4-26-25(28-17-23-13-8-19(2)15-20(23)3)27-16-21-9-11-22(12-10-21)18-29-14-6-5-7-24(29)30;/h5-15H,4,16-18H2,1-3H3,(H2,26,27,28);1H. The maximum Gasteiger partial charge on any atom is 0.250 e. The van der Waals surface area contributed by atoms with Crippen molar-refractivity contribution >= 4 is 29.9 Å². The van der Waals surface area contributed by atoms with Crippen LogP contribution in [0.5, 0.6) is 0 Å². The topological polar surface area (TPSA) is 58.4 Å². The molecule has 2 aromatic carbocycles. The number of guanidine groups is 1. The molecule has 2 N–H and O–H groups in total. The van der Waals surface area contributed by atoms with E-state index in [1.807, 2.05) is 12.3 Å². The fourth-order valence-corrected chi connectivity index (χ4v) is 3.27. The van der Waals surface area contributed by atoms with Crippen molar-refractivity contribution in [2.24, 2.45) is 4.99 Å². The van der Waals surface area contributed by atoms with Gasteiger partial charge in [-0.05, 0) is 49.1 Å². The number of aliphatic imine (C=N–C) groups is 1. The van der Waals surface area contributed by atoms with E-state index in [-0.39, 0.29) is 29.5 Å². The van der Waals surface area contributed by atoms with Crippen LogP contribution in [0.3, 0.4) is 0 Å². The lowest BCUT2D eigenvalue weighted by Crippen LogP contribution is -2.36. The Hall–Kier alpha value is -2.61. The average Bonchev–Trinajstić information content (AvgIpc) is 2.74. The summed E-state index contributed by atoms with van der Waals surface area (Å²) >= 11 is 0. The molecule has 0 amide bonds. The van der Waals surface area contributed by atoms with Gasteiger partial charge in [0.1, 0.15) is 0 Å². The molecule has 3 rings (SSSR count). The molecule has 6 heteroatoms. The summed E-state index contributed by atoms with van der Waals surface area (Å²) in [5.41, 5.74) is 6.06. The SMILES string of the molecule is CCNC(=NCc1ccc(Cn2ccccc2=O)cc1)NCc1ccc(C)cc1C.I. The zero-order chi connectivity index (χ0) is 21.3. The van der Waals surface area contributed by atoms with Gasteiger partial charge in [0.05, 0.1) is 13.1 Å². The van der Waals surface area contributed by atoms with E-state index in [0.717, 1.165) is 30.2 Å². The zero-order valence-electron chi connectivity index (χ0n) is 18.4. The van der Waals surface area contributed by atoms with Gasteiger partial charge in [0.15, 0.2) is 5.96 Å². The predicted molar refractivity (Wildman–Crippen MR) is 139 cm³/mol. The number of benzene rings is 2. The van der Waals surface area contributed by atoms with Crippen molar-refractivity contribution in [2.75, 3.05) is 6.54 Å². The Balaban J connectivity index is 0.00000341. The quantitative estimate of drug-likeness (QED) is 0.271. The van der Waals surface area contributed by atoms with Crippen molar-refractivity contribution in [3.05, 3.63) is 105 Å². The maximum atomic E-state index is 11.9. The van der Waals surface area contributed by atoms with Gasteiger partial charge in [-0.3, -0.25) is 4.79 Å². The maximum absolute atomic E-state index is 11.9. The summed E-state index contributed by atoms with van der Waals surface area (Å²) in [6.07, 6.45) is 1.81. The van der Waals surface area contributed by atoms with E-state index in [0.29, 0.717) is 13.1 Å². The van der Waals surface area contributed by atoms with Crippen LogP contribution in [-0.4, -0.2) is 17.1 Å². The molecule has 0 saturated carbocycles. The molecular formula is C25H31IN4O. The van der Waals surface area contributed by atoms with Crippen LogP contribution in [0.15, 0.2) is 76.6 Å². The lowest BCUT2D eigenvalue weighted by atomic mass is 10.1. The molecule has 3 aromatic rings. The highest BCUT2D eigenvalue weighted by molar-refractivity contribution is 14.0. The number of halogens is 1. The van der Waals surface area contributed by atoms with Crippen LogP contribution in [0, 0.1) is 13.8 Å². The molecular weight excluding hydrogens is 499 g/mol. The minimum Gasteiger partial charge on any atom is -0.357 e. The smallest absolute Gasteiger partial charge is 0.250 e. The molecule has 31 heavy (non-hydrogen) atoms. The number of aryl methyl sites for hydroxylation is 2. The lowest BCUT2D eigenvalue weighted by molar-refractivity contribution is 0.759. The van der Waals surface area contributed by atoms with Gasteiger partial charge in [-0.2, -0.15) is 0 Å².